The number of rotatable bonds is 3. The molecule has 1 aromatic carbocycles. The van der Waals surface area contributed by atoms with Gasteiger partial charge in [0.2, 0.25) is 0 Å². The number of benzene rings is 1. The molecule has 0 saturated carbocycles. The molecule has 1 N–H and O–H groups in total. The van der Waals surface area contributed by atoms with Crippen molar-refractivity contribution in [2.75, 3.05) is 0 Å². The largest absolute Gasteiger partial charge is 0.469 e. The Balaban J connectivity index is 1.80. The Kier molecular flexibility index (Phi) is 3.62. The summed E-state index contributed by atoms with van der Waals surface area (Å²) in [4.78, 5) is 22.1. The Labute approximate surface area is 125 Å². The Morgan fingerprint density at radius 3 is 2.95 bits per heavy atom. The topological polar surface area (TPSA) is 85.4 Å². The minimum absolute atomic E-state index is 0.207. The van der Waals surface area contributed by atoms with Gasteiger partial charge in [0.25, 0.3) is 11.6 Å². The van der Waals surface area contributed by atoms with E-state index in [4.69, 9.17) is 4.42 Å². The van der Waals surface area contributed by atoms with Crippen LogP contribution in [0.25, 0.3) is 0 Å². The van der Waals surface area contributed by atoms with Crippen LogP contribution < -0.4 is 5.32 Å². The first-order valence-electron chi connectivity index (χ1n) is 6.87. The van der Waals surface area contributed by atoms with E-state index in [1.54, 1.807) is 12.3 Å². The van der Waals surface area contributed by atoms with Crippen molar-refractivity contribution >= 4 is 11.6 Å². The molecule has 3 rings (SSSR count). The van der Waals surface area contributed by atoms with Gasteiger partial charge in [0.1, 0.15) is 11.6 Å². The number of nitro benzene ring substituents is 1. The summed E-state index contributed by atoms with van der Waals surface area (Å²) in [6.07, 6.45) is 4.00. The second-order valence-corrected chi connectivity index (χ2v) is 5.14. The van der Waals surface area contributed by atoms with Gasteiger partial charge in [0.15, 0.2) is 0 Å². The van der Waals surface area contributed by atoms with Crippen LogP contribution in [0, 0.1) is 15.9 Å². The molecule has 0 fully saturated rings. The zero-order chi connectivity index (χ0) is 15.7. The van der Waals surface area contributed by atoms with Crippen LogP contribution in [0.2, 0.25) is 0 Å². The molecule has 22 heavy (non-hydrogen) atoms. The first-order chi connectivity index (χ1) is 10.6. The van der Waals surface area contributed by atoms with E-state index in [1.165, 1.54) is 0 Å². The molecule has 7 heteroatoms. The van der Waals surface area contributed by atoms with E-state index in [9.17, 15) is 19.3 Å². The average Bonchev–Trinajstić information content (AvgIpc) is 2.96. The highest BCUT2D eigenvalue weighted by Gasteiger charge is 2.25. The third kappa shape index (κ3) is 2.57. The molecule has 1 aromatic heterocycles. The van der Waals surface area contributed by atoms with Gasteiger partial charge in [0.05, 0.1) is 28.9 Å². The van der Waals surface area contributed by atoms with Gasteiger partial charge in [-0.15, -0.1) is 0 Å². The number of carbonyl (C=O) groups excluding carboxylic acids is 1. The fraction of sp³-hybridized carbons (Fsp3) is 0.267. The van der Waals surface area contributed by atoms with E-state index >= 15 is 0 Å². The molecule has 0 radical (unpaired) electrons. The number of carbonyl (C=O) groups is 1. The lowest BCUT2D eigenvalue weighted by molar-refractivity contribution is -0.385. The van der Waals surface area contributed by atoms with Gasteiger partial charge in [-0.1, -0.05) is 0 Å². The van der Waals surface area contributed by atoms with Gasteiger partial charge in [-0.3, -0.25) is 14.9 Å². The quantitative estimate of drug-likeness (QED) is 0.697. The highest BCUT2D eigenvalue weighted by atomic mass is 19.1. The molecule has 1 amide bonds. The third-order valence-corrected chi connectivity index (χ3v) is 3.77. The van der Waals surface area contributed by atoms with E-state index in [-0.39, 0.29) is 17.3 Å². The summed E-state index contributed by atoms with van der Waals surface area (Å²) < 4.78 is 19.2. The van der Waals surface area contributed by atoms with Crippen molar-refractivity contribution in [3.8, 4) is 0 Å². The molecule has 1 unspecified atom stereocenters. The standard InChI is InChI=1S/C15H13FN2O4/c16-12-8-9(18(20)21)4-5-10(12)15(19)17-13-2-1-3-14-11(13)6-7-22-14/h4-8,13H,1-3H2,(H,17,19). The molecule has 0 aliphatic heterocycles. The molecule has 1 heterocycles. The molecular formula is C15H13FN2O4. The van der Waals surface area contributed by atoms with Crippen molar-refractivity contribution in [3.63, 3.8) is 0 Å². The Morgan fingerprint density at radius 2 is 2.23 bits per heavy atom. The minimum Gasteiger partial charge on any atom is -0.469 e. The Morgan fingerprint density at radius 1 is 1.41 bits per heavy atom. The summed E-state index contributed by atoms with van der Waals surface area (Å²) in [5.41, 5.74) is 0.312. The highest BCUT2D eigenvalue weighted by Crippen LogP contribution is 2.30. The summed E-state index contributed by atoms with van der Waals surface area (Å²) in [7, 11) is 0. The van der Waals surface area contributed by atoms with Gasteiger partial charge in [0, 0.05) is 18.1 Å². The zero-order valence-electron chi connectivity index (χ0n) is 11.5. The molecule has 1 aliphatic carbocycles. The first kappa shape index (κ1) is 14.2. The van der Waals surface area contributed by atoms with Crippen LogP contribution in [-0.4, -0.2) is 10.8 Å². The van der Waals surface area contributed by atoms with Crippen LogP contribution in [0.5, 0.6) is 0 Å². The average molecular weight is 304 g/mol. The lowest BCUT2D eigenvalue weighted by atomic mass is 9.93. The van der Waals surface area contributed by atoms with E-state index < -0.39 is 16.6 Å². The predicted octanol–water partition coefficient (Wildman–Crippen LogP) is 3.13. The molecule has 1 atom stereocenters. The van der Waals surface area contributed by atoms with Crippen molar-refractivity contribution in [1.29, 1.82) is 0 Å². The Bertz CT molecular complexity index is 741. The van der Waals surface area contributed by atoms with Crippen LogP contribution in [0.4, 0.5) is 10.1 Å². The summed E-state index contributed by atoms with van der Waals surface area (Å²) in [6.45, 7) is 0. The fourth-order valence-electron chi connectivity index (χ4n) is 2.67. The van der Waals surface area contributed by atoms with E-state index in [1.807, 2.05) is 0 Å². The molecular weight excluding hydrogens is 291 g/mol. The number of furan rings is 1. The highest BCUT2D eigenvalue weighted by molar-refractivity contribution is 5.95. The summed E-state index contributed by atoms with van der Waals surface area (Å²) in [5.74, 6) is -0.665. The number of non-ortho nitro benzene ring substituents is 1. The molecule has 6 nitrogen and oxygen atoms in total. The van der Waals surface area contributed by atoms with Crippen LogP contribution in [0.3, 0.4) is 0 Å². The lowest BCUT2D eigenvalue weighted by Crippen LogP contribution is -2.31. The maximum atomic E-state index is 13.9. The first-order valence-corrected chi connectivity index (χ1v) is 6.87. The van der Waals surface area contributed by atoms with Gasteiger partial charge in [-0.05, 0) is 25.0 Å². The van der Waals surface area contributed by atoms with Crippen LogP contribution in [0.1, 0.15) is 40.6 Å². The summed E-state index contributed by atoms with van der Waals surface area (Å²) in [6, 6.07) is 4.55. The van der Waals surface area contributed by atoms with Crippen molar-refractivity contribution in [1.82, 2.24) is 5.32 Å². The SMILES string of the molecule is O=C(NC1CCCc2occc21)c1ccc([N+](=O)[O-])cc1F. The number of nitrogens with one attached hydrogen (secondary N) is 1. The molecule has 2 aromatic rings. The van der Waals surface area contributed by atoms with Crippen molar-refractivity contribution in [2.45, 2.75) is 25.3 Å². The molecule has 0 spiro atoms. The fourth-order valence-corrected chi connectivity index (χ4v) is 2.67. The second kappa shape index (κ2) is 5.59. The zero-order valence-corrected chi connectivity index (χ0v) is 11.5. The van der Waals surface area contributed by atoms with Gasteiger partial charge in [-0.2, -0.15) is 0 Å². The van der Waals surface area contributed by atoms with Gasteiger partial charge in [-0.25, -0.2) is 4.39 Å². The predicted molar refractivity (Wildman–Crippen MR) is 74.9 cm³/mol. The van der Waals surface area contributed by atoms with Crippen molar-refractivity contribution in [3.05, 3.63) is 63.3 Å². The molecule has 1 aliphatic rings. The molecule has 0 bridgehead atoms. The minimum atomic E-state index is -0.907. The van der Waals surface area contributed by atoms with Gasteiger partial charge < -0.3 is 9.73 Å². The van der Waals surface area contributed by atoms with Crippen molar-refractivity contribution in [2.24, 2.45) is 0 Å². The number of aryl methyl sites for hydroxylation is 1. The van der Waals surface area contributed by atoms with E-state index in [0.717, 1.165) is 48.8 Å². The molecule has 0 saturated heterocycles. The van der Waals surface area contributed by atoms with E-state index in [2.05, 4.69) is 5.32 Å². The van der Waals surface area contributed by atoms with Crippen LogP contribution in [-0.2, 0) is 6.42 Å². The molecule has 114 valence electrons. The number of amides is 1. The van der Waals surface area contributed by atoms with Crippen LogP contribution in [0.15, 0.2) is 34.9 Å². The smallest absolute Gasteiger partial charge is 0.272 e. The van der Waals surface area contributed by atoms with Crippen molar-refractivity contribution < 1.29 is 18.5 Å². The number of halogens is 1. The van der Waals surface area contributed by atoms with E-state index in [0.29, 0.717) is 0 Å². The van der Waals surface area contributed by atoms with Crippen LogP contribution >= 0.6 is 0 Å². The maximum absolute atomic E-state index is 13.9. The summed E-state index contributed by atoms with van der Waals surface area (Å²) >= 11 is 0. The number of hydrogen-bond donors (Lipinski definition) is 1. The third-order valence-electron chi connectivity index (χ3n) is 3.77. The number of fused-ring (bicyclic) bond motifs is 1. The second-order valence-electron chi connectivity index (χ2n) is 5.14. The van der Waals surface area contributed by atoms with Gasteiger partial charge >= 0.3 is 0 Å². The number of hydrogen-bond acceptors (Lipinski definition) is 4. The monoisotopic (exact) mass is 304 g/mol. The lowest BCUT2D eigenvalue weighted by Gasteiger charge is -2.22. The summed E-state index contributed by atoms with van der Waals surface area (Å²) in [5, 5.41) is 13.3. The normalized spacial score (nSPS) is 16.9. The number of nitro groups is 1. The number of nitrogens with zero attached hydrogens (tertiary/aromatic N) is 1. The Hall–Kier alpha value is -2.70. The maximum Gasteiger partial charge on any atom is 0.272 e.